The van der Waals surface area contributed by atoms with E-state index in [0.717, 1.165) is 11.5 Å². The van der Waals surface area contributed by atoms with Crippen molar-refractivity contribution in [1.82, 2.24) is 9.97 Å². The van der Waals surface area contributed by atoms with Crippen molar-refractivity contribution in [3.63, 3.8) is 0 Å². The van der Waals surface area contributed by atoms with E-state index in [4.69, 9.17) is 5.73 Å². The van der Waals surface area contributed by atoms with Crippen molar-refractivity contribution in [3.05, 3.63) is 17.7 Å². The van der Waals surface area contributed by atoms with Gasteiger partial charge in [0.2, 0.25) is 0 Å². The Morgan fingerprint density at radius 2 is 2.42 bits per heavy atom. The molecule has 66 valence electrons. The molecule has 1 unspecified atom stereocenters. The Morgan fingerprint density at radius 3 is 2.83 bits per heavy atom. The first-order valence-electron chi connectivity index (χ1n) is 4.58. The highest BCUT2D eigenvalue weighted by molar-refractivity contribution is 5.10. The second-order valence-corrected chi connectivity index (χ2v) is 3.64. The first-order valence-corrected chi connectivity index (χ1v) is 4.58. The highest BCUT2D eigenvalue weighted by Crippen LogP contribution is 2.34. The van der Waals surface area contributed by atoms with E-state index in [-0.39, 0.29) is 6.04 Å². The van der Waals surface area contributed by atoms with Crippen molar-refractivity contribution in [3.8, 4) is 0 Å². The molecule has 0 spiro atoms. The topological polar surface area (TPSA) is 54.7 Å². The van der Waals surface area contributed by atoms with Crippen LogP contribution in [0.25, 0.3) is 0 Å². The van der Waals surface area contributed by atoms with Crippen LogP contribution in [0.3, 0.4) is 0 Å². The van der Waals surface area contributed by atoms with E-state index in [9.17, 15) is 0 Å². The fourth-order valence-corrected chi connectivity index (χ4v) is 1.47. The largest absolute Gasteiger partial charge is 0.344 e. The number of imidazole rings is 1. The molecule has 0 aromatic carbocycles. The van der Waals surface area contributed by atoms with Crippen molar-refractivity contribution >= 4 is 0 Å². The van der Waals surface area contributed by atoms with E-state index in [2.05, 4.69) is 9.97 Å². The Morgan fingerprint density at radius 1 is 1.67 bits per heavy atom. The van der Waals surface area contributed by atoms with Crippen molar-refractivity contribution < 1.29 is 0 Å². The van der Waals surface area contributed by atoms with Crippen LogP contribution in [0.15, 0.2) is 6.20 Å². The lowest BCUT2D eigenvalue weighted by Crippen LogP contribution is -2.11. The number of hydrogen-bond acceptors (Lipinski definition) is 2. The lowest BCUT2D eigenvalue weighted by Gasteiger charge is -2.22. The zero-order valence-electron chi connectivity index (χ0n) is 7.38. The van der Waals surface area contributed by atoms with Crippen molar-refractivity contribution in [2.24, 2.45) is 5.73 Å². The van der Waals surface area contributed by atoms with Gasteiger partial charge >= 0.3 is 0 Å². The second-order valence-electron chi connectivity index (χ2n) is 3.64. The van der Waals surface area contributed by atoms with Gasteiger partial charge in [0, 0.05) is 18.2 Å². The molecule has 1 aliphatic carbocycles. The van der Waals surface area contributed by atoms with Crippen LogP contribution < -0.4 is 5.73 Å². The SMILES string of the molecule is CC(N)c1cnc(C2CCC2)[nH]1. The maximum atomic E-state index is 5.72. The average Bonchev–Trinajstić information content (AvgIpc) is 2.32. The van der Waals surface area contributed by atoms with Crippen LogP contribution in [0, 0.1) is 0 Å². The van der Waals surface area contributed by atoms with Crippen molar-refractivity contribution in [1.29, 1.82) is 0 Å². The number of aromatic nitrogens is 2. The molecule has 0 radical (unpaired) electrons. The first kappa shape index (κ1) is 7.80. The van der Waals surface area contributed by atoms with Gasteiger partial charge in [0.25, 0.3) is 0 Å². The molecule has 0 bridgehead atoms. The predicted octanol–water partition coefficient (Wildman–Crippen LogP) is 1.70. The molecule has 1 aromatic rings. The van der Waals surface area contributed by atoms with Gasteiger partial charge in [0.15, 0.2) is 0 Å². The first-order chi connectivity index (χ1) is 5.77. The highest BCUT2D eigenvalue weighted by atomic mass is 14.9. The Bertz CT molecular complexity index is 260. The summed E-state index contributed by atoms with van der Waals surface area (Å²) in [6, 6.07) is 0.0753. The maximum absolute atomic E-state index is 5.72. The fourth-order valence-electron chi connectivity index (χ4n) is 1.47. The van der Waals surface area contributed by atoms with E-state index in [1.54, 1.807) is 0 Å². The van der Waals surface area contributed by atoms with Crippen LogP contribution in [0.5, 0.6) is 0 Å². The van der Waals surface area contributed by atoms with Gasteiger partial charge < -0.3 is 10.7 Å². The Kier molecular flexibility index (Phi) is 1.89. The van der Waals surface area contributed by atoms with Gasteiger partial charge in [-0.2, -0.15) is 0 Å². The minimum atomic E-state index is 0.0753. The van der Waals surface area contributed by atoms with Gasteiger partial charge in [-0.15, -0.1) is 0 Å². The number of H-pyrrole nitrogens is 1. The Balaban J connectivity index is 2.12. The smallest absolute Gasteiger partial charge is 0.109 e. The molecule has 1 aliphatic rings. The molecule has 1 saturated carbocycles. The van der Waals surface area contributed by atoms with Gasteiger partial charge in [-0.25, -0.2) is 4.98 Å². The molecule has 0 amide bonds. The molecular weight excluding hydrogens is 150 g/mol. The maximum Gasteiger partial charge on any atom is 0.109 e. The van der Waals surface area contributed by atoms with Gasteiger partial charge in [-0.05, 0) is 19.8 Å². The average molecular weight is 165 g/mol. The number of nitrogens with two attached hydrogens (primary N) is 1. The number of nitrogens with zero attached hydrogens (tertiary/aromatic N) is 1. The molecule has 0 saturated heterocycles. The van der Waals surface area contributed by atoms with E-state index >= 15 is 0 Å². The van der Waals surface area contributed by atoms with E-state index in [1.807, 2.05) is 13.1 Å². The van der Waals surface area contributed by atoms with Crippen LogP contribution in [0.2, 0.25) is 0 Å². The van der Waals surface area contributed by atoms with Gasteiger partial charge in [-0.3, -0.25) is 0 Å². The number of hydrogen-bond donors (Lipinski definition) is 2. The third-order valence-corrected chi connectivity index (χ3v) is 2.60. The van der Waals surface area contributed by atoms with Crippen LogP contribution in [0.1, 0.15) is 49.7 Å². The zero-order chi connectivity index (χ0) is 8.55. The zero-order valence-corrected chi connectivity index (χ0v) is 7.38. The summed E-state index contributed by atoms with van der Waals surface area (Å²) in [5, 5.41) is 0. The minimum Gasteiger partial charge on any atom is -0.344 e. The summed E-state index contributed by atoms with van der Waals surface area (Å²) >= 11 is 0. The minimum absolute atomic E-state index is 0.0753. The third-order valence-electron chi connectivity index (χ3n) is 2.60. The molecule has 3 nitrogen and oxygen atoms in total. The monoisotopic (exact) mass is 165 g/mol. The Labute approximate surface area is 72.4 Å². The summed E-state index contributed by atoms with van der Waals surface area (Å²) in [4.78, 5) is 7.60. The van der Waals surface area contributed by atoms with Gasteiger partial charge in [0.05, 0.1) is 5.69 Å². The summed E-state index contributed by atoms with van der Waals surface area (Å²) in [6.45, 7) is 1.97. The van der Waals surface area contributed by atoms with E-state index in [1.165, 1.54) is 19.3 Å². The lowest BCUT2D eigenvalue weighted by molar-refractivity contribution is 0.403. The molecule has 1 heterocycles. The quantitative estimate of drug-likeness (QED) is 0.700. The van der Waals surface area contributed by atoms with Crippen molar-refractivity contribution in [2.75, 3.05) is 0 Å². The molecule has 2 rings (SSSR count). The van der Waals surface area contributed by atoms with Crippen LogP contribution in [-0.2, 0) is 0 Å². The third kappa shape index (κ3) is 1.25. The number of rotatable bonds is 2. The molecule has 1 atom stereocenters. The molecule has 12 heavy (non-hydrogen) atoms. The molecular formula is C9H15N3. The van der Waals surface area contributed by atoms with E-state index in [0.29, 0.717) is 5.92 Å². The Hall–Kier alpha value is -0.830. The summed E-state index contributed by atoms with van der Waals surface area (Å²) < 4.78 is 0. The lowest BCUT2D eigenvalue weighted by atomic mass is 9.85. The molecule has 0 aliphatic heterocycles. The number of nitrogens with one attached hydrogen (secondary N) is 1. The summed E-state index contributed by atoms with van der Waals surface area (Å²) in [5.41, 5.74) is 6.77. The molecule has 1 fully saturated rings. The summed E-state index contributed by atoms with van der Waals surface area (Å²) in [7, 11) is 0. The summed E-state index contributed by atoms with van der Waals surface area (Å²) in [5.74, 6) is 1.81. The van der Waals surface area contributed by atoms with Crippen LogP contribution in [-0.4, -0.2) is 9.97 Å². The van der Waals surface area contributed by atoms with Crippen LogP contribution in [0.4, 0.5) is 0 Å². The van der Waals surface area contributed by atoms with Crippen molar-refractivity contribution in [2.45, 2.75) is 38.1 Å². The molecule has 1 aromatic heterocycles. The van der Waals surface area contributed by atoms with Gasteiger partial charge in [-0.1, -0.05) is 6.42 Å². The fraction of sp³-hybridized carbons (Fsp3) is 0.667. The predicted molar refractivity (Wildman–Crippen MR) is 47.8 cm³/mol. The molecule has 3 heteroatoms. The molecule has 3 N–H and O–H groups in total. The normalized spacial score (nSPS) is 20.5. The standard InChI is InChI=1S/C9H15N3/c1-6(10)8-5-11-9(12-8)7-3-2-4-7/h5-7H,2-4,10H2,1H3,(H,11,12). The second kappa shape index (κ2) is 2.90. The number of aromatic amines is 1. The van der Waals surface area contributed by atoms with Crippen LogP contribution >= 0.6 is 0 Å². The van der Waals surface area contributed by atoms with Gasteiger partial charge in [0.1, 0.15) is 5.82 Å². The van der Waals surface area contributed by atoms with E-state index < -0.39 is 0 Å². The summed E-state index contributed by atoms with van der Waals surface area (Å²) in [6.07, 6.45) is 5.77. The highest BCUT2D eigenvalue weighted by Gasteiger charge is 2.22.